The van der Waals surface area contributed by atoms with Gasteiger partial charge in [-0.25, -0.2) is 8.42 Å². The van der Waals surface area contributed by atoms with Gasteiger partial charge in [-0.15, -0.1) is 0 Å². The van der Waals surface area contributed by atoms with E-state index in [0.717, 1.165) is 16.3 Å². The molecule has 0 fully saturated rings. The summed E-state index contributed by atoms with van der Waals surface area (Å²) in [6, 6.07) is 19.1. The molecule has 0 saturated heterocycles. The summed E-state index contributed by atoms with van der Waals surface area (Å²) in [7, 11) is -2.62. The van der Waals surface area contributed by atoms with E-state index < -0.39 is 28.5 Å². The Morgan fingerprint density at radius 3 is 2.27 bits per heavy atom. The zero-order valence-electron chi connectivity index (χ0n) is 24.1. The number of aryl methyl sites for hydroxylation is 1. The molecule has 0 aliphatic rings. The molecule has 0 radical (unpaired) electrons. The second-order valence-corrected chi connectivity index (χ2v) is 12.2. The first kappa shape index (κ1) is 32.0. The van der Waals surface area contributed by atoms with E-state index in [2.05, 4.69) is 5.32 Å². The zero-order chi connectivity index (χ0) is 30.2. The van der Waals surface area contributed by atoms with Gasteiger partial charge < -0.3 is 15.0 Å². The first-order valence-electron chi connectivity index (χ1n) is 13.6. The number of carbonyl (C=O) groups is 2. The van der Waals surface area contributed by atoms with Gasteiger partial charge in [0.1, 0.15) is 18.3 Å². The number of anilines is 1. The first-order chi connectivity index (χ1) is 19.5. The molecule has 0 aromatic heterocycles. The predicted molar refractivity (Wildman–Crippen MR) is 163 cm³/mol. The van der Waals surface area contributed by atoms with E-state index >= 15 is 0 Å². The van der Waals surface area contributed by atoms with Crippen LogP contribution >= 0.6 is 11.6 Å². The van der Waals surface area contributed by atoms with Gasteiger partial charge in [-0.2, -0.15) is 0 Å². The van der Waals surface area contributed by atoms with E-state index in [0.29, 0.717) is 28.4 Å². The molecule has 0 aliphatic carbocycles. The largest absolute Gasteiger partial charge is 0.497 e. The van der Waals surface area contributed by atoms with Crippen molar-refractivity contribution >= 4 is 39.1 Å². The van der Waals surface area contributed by atoms with Gasteiger partial charge in [0, 0.05) is 17.6 Å². The Hall–Kier alpha value is -3.56. The number of sulfonamides is 1. The molecule has 0 heterocycles. The fraction of sp³-hybridized carbons (Fsp3) is 0.355. The van der Waals surface area contributed by atoms with Gasteiger partial charge in [-0.1, -0.05) is 55.8 Å². The minimum Gasteiger partial charge on any atom is -0.497 e. The van der Waals surface area contributed by atoms with Crippen LogP contribution in [-0.4, -0.2) is 50.9 Å². The standard InChI is InChI=1S/C31H38ClN3O5S/c1-6-23(4)33-31(37)28(7-2)34(20-24-12-10-13-26(19-24)40-5)30(36)21-35(29-14-9-8-11-22(29)3)41(38,39)27-17-15-25(32)16-18-27/h8-19,23,28H,6-7,20-21H2,1-5H3,(H,33,37)/t23-,28-/m1/s1. The summed E-state index contributed by atoms with van der Waals surface area (Å²) in [4.78, 5) is 29.0. The maximum Gasteiger partial charge on any atom is 0.264 e. The quantitative estimate of drug-likeness (QED) is 0.277. The van der Waals surface area contributed by atoms with Crippen LogP contribution < -0.4 is 14.4 Å². The van der Waals surface area contributed by atoms with Gasteiger partial charge in [0.15, 0.2) is 0 Å². The molecule has 220 valence electrons. The smallest absolute Gasteiger partial charge is 0.264 e. The van der Waals surface area contributed by atoms with E-state index in [1.54, 1.807) is 50.4 Å². The highest BCUT2D eigenvalue weighted by molar-refractivity contribution is 7.92. The third-order valence-corrected chi connectivity index (χ3v) is 8.96. The zero-order valence-corrected chi connectivity index (χ0v) is 25.7. The Labute approximate surface area is 248 Å². The Morgan fingerprint density at radius 2 is 1.66 bits per heavy atom. The number of nitrogens with one attached hydrogen (secondary N) is 1. The fourth-order valence-corrected chi connectivity index (χ4v) is 6.02. The predicted octanol–water partition coefficient (Wildman–Crippen LogP) is 5.57. The molecule has 0 bridgehead atoms. The van der Waals surface area contributed by atoms with Gasteiger partial charge in [0.05, 0.1) is 17.7 Å². The molecule has 3 aromatic rings. The number of carbonyl (C=O) groups excluding carboxylic acids is 2. The molecule has 0 unspecified atom stereocenters. The van der Waals surface area contributed by atoms with Crippen molar-refractivity contribution in [3.05, 3.63) is 88.9 Å². The molecular weight excluding hydrogens is 562 g/mol. The number of nitrogens with zero attached hydrogens (tertiary/aromatic N) is 2. The lowest BCUT2D eigenvalue weighted by molar-refractivity contribution is -0.140. The first-order valence-corrected chi connectivity index (χ1v) is 15.4. The van der Waals surface area contributed by atoms with Gasteiger partial charge in [-0.3, -0.25) is 13.9 Å². The van der Waals surface area contributed by atoms with E-state index in [1.807, 2.05) is 32.9 Å². The Kier molecular flexibility index (Phi) is 11.2. The summed E-state index contributed by atoms with van der Waals surface area (Å²) in [5, 5.41) is 3.37. The van der Waals surface area contributed by atoms with Crippen molar-refractivity contribution in [1.29, 1.82) is 0 Å². The maximum absolute atomic E-state index is 14.2. The SMILES string of the molecule is CC[C@@H](C)NC(=O)[C@@H](CC)N(Cc1cccc(OC)c1)C(=O)CN(c1ccccc1C)S(=O)(=O)c1ccc(Cl)cc1. The highest BCUT2D eigenvalue weighted by atomic mass is 35.5. The number of halogens is 1. The maximum atomic E-state index is 14.2. The molecule has 2 atom stereocenters. The van der Waals surface area contributed by atoms with Gasteiger partial charge in [0.2, 0.25) is 11.8 Å². The lowest BCUT2D eigenvalue weighted by atomic mass is 10.1. The average Bonchev–Trinajstić information content (AvgIpc) is 2.96. The topological polar surface area (TPSA) is 96.0 Å². The minimum absolute atomic E-state index is 0.00106. The van der Waals surface area contributed by atoms with Crippen LogP contribution in [-0.2, 0) is 26.2 Å². The molecule has 0 saturated carbocycles. The van der Waals surface area contributed by atoms with E-state index in [4.69, 9.17) is 16.3 Å². The van der Waals surface area contributed by atoms with Crippen LogP contribution in [0, 0.1) is 6.92 Å². The molecule has 8 nitrogen and oxygen atoms in total. The number of methoxy groups -OCH3 is 1. The highest BCUT2D eigenvalue weighted by Gasteiger charge is 2.34. The number of ether oxygens (including phenoxy) is 1. The third-order valence-electron chi connectivity index (χ3n) is 6.94. The Balaban J connectivity index is 2.08. The summed E-state index contributed by atoms with van der Waals surface area (Å²) in [6.45, 7) is 7.06. The monoisotopic (exact) mass is 599 g/mol. The van der Waals surface area contributed by atoms with Gasteiger partial charge in [-0.05, 0) is 80.3 Å². The second kappa shape index (κ2) is 14.4. The molecule has 1 N–H and O–H groups in total. The van der Waals surface area contributed by atoms with Gasteiger partial charge >= 0.3 is 0 Å². The van der Waals surface area contributed by atoms with Crippen molar-refractivity contribution in [2.75, 3.05) is 18.0 Å². The number of hydrogen-bond acceptors (Lipinski definition) is 5. The molecule has 3 aromatic carbocycles. The molecule has 0 spiro atoms. The molecule has 2 amide bonds. The van der Waals surface area contributed by atoms with Crippen LogP contribution in [0.15, 0.2) is 77.7 Å². The number of hydrogen-bond donors (Lipinski definition) is 1. The molecule has 0 aliphatic heterocycles. The van der Waals surface area contributed by atoms with Crippen LogP contribution in [0.1, 0.15) is 44.7 Å². The molecule has 10 heteroatoms. The van der Waals surface area contributed by atoms with E-state index in [1.165, 1.54) is 29.2 Å². The van der Waals surface area contributed by atoms with Crippen LogP contribution in [0.3, 0.4) is 0 Å². The Morgan fingerprint density at radius 1 is 0.976 bits per heavy atom. The summed E-state index contributed by atoms with van der Waals surface area (Å²) < 4.78 is 34.4. The highest BCUT2D eigenvalue weighted by Crippen LogP contribution is 2.28. The lowest BCUT2D eigenvalue weighted by Gasteiger charge is -2.34. The number of rotatable bonds is 13. The summed E-state index contributed by atoms with van der Waals surface area (Å²) >= 11 is 6.02. The van der Waals surface area contributed by atoms with E-state index in [9.17, 15) is 18.0 Å². The summed E-state index contributed by atoms with van der Waals surface area (Å²) in [5.41, 5.74) is 1.79. The minimum atomic E-state index is -4.17. The van der Waals surface area contributed by atoms with Crippen LogP contribution in [0.4, 0.5) is 5.69 Å². The van der Waals surface area contributed by atoms with Crippen LogP contribution in [0.2, 0.25) is 5.02 Å². The normalized spacial score (nSPS) is 12.7. The number of amides is 2. The third kappa shape index (κ3) is 8.01. The van der Waals surface area contributed by atoms with Crippen molar-refractivity contribution in [3.8, 4) is 5.75 Å². The van der Waals surface area contributed by atoms with Crippen LogP contribution in [0.25, 0.3) is 0 Å². The number of para-hydroxylation sites is 1. The lowest BCUT2D eigenvalue weighted by Crippen LogP contribution is -2.53. The Bertz CT molecular complexity index is 1450. The van der Waals surface area contributed by atoms with Crippen molar-refractivity contribution in [2.24, 2.45) is 0 Å². The van der Waals surface area contributed by atoms with Gasteiger partial charge in [0.25, 0.3) is 10.0 Å². The molecule has 3 rings (SSSR count). The molecular formula is C31H38ClN3O5S. The average molecular weight is 600 g/mol. The van der Waals surface area contributed by atoms with Crippen LogP contribution in [0.5, 0.6) is 5.75 Å². The van der Waals surface area contributed by atoms with Crippen molar-refractivity contribution in [3.63, 3.8) is 0 Å². The molecule has 41 heavy (non-hydrogen) atoms. The second-order valence-electron chi connectivity index (χ2n) is 9.87. The van der Waals surface area contributed by atoms with Crippen molar-refractivity contribution < 1.29 is 22.7 Å². The summed E-state index contributed by atoms with van der Waals surface area (Å²) in [6.07, 6.45) is 1.07. The summed E-state index contributed by atoms with van der Waals surface area (Å²) in [5.74, 6) is -0.195. The van der Waals surface area contributed by atoms with E-state index in [-0.39, 0.29) is 23.4 Å². The van der Waals surface area contributed by atoms with Crippen molar-refractivity contribution in [1.82, 2.24) is 10.2 Å². The van der Waals surface area contributed by atoms with Crippen molar-refractivity contribution in [2.45, 2.75) is 64.1 Å². The number of benzene rings is 3. The fourth-order valence-electron chi connectivity index (χ4n) is 4.42.